The van der Waals surface area contributed by atoms with E-state index in [0.29, 0.717) is 17.4 Å². The molecular formula is C16H32N2O. The molecule has 19 heavy (non-hydrogen) atoms. The summed E-state index contributed by atoms with van der Waals surface area (Å²) in [7, 11) is 0. The Bertz CT molecular complexity index is 281. The van der Waals surface area contributed by atoms with E-state index in [-0.39, 0.29) is 6.10 Å². The molecule has 0 amide bonds. The fourth-order valence-electron chi connectivity index (χ4n) is 3.17. The molecule has 1 aliphatic heterocycles. The lowest BCUT2D eigenvalue weighted by Crippen LogP contribution is -2.56. The van der Waals surface area contributed by atoms with Crippen LogP contribution < -0.4 is 5.32 Å². The van der Waals surface area contributed by atoms with E-state index < -0.39 is 0 Å². The summed E-state index contributed by atoms with van der Waals surface area (Å²) in [4.78, 5) is 2.63. The molecule has 2 fully saturated rings. The van der Waals surface area contributed by atoms with E-state index >= 15 is 0 Å². The summed E-state index contributed by atoms with van der Waals surface area (Å²) in [5, 5.41) is 13.7. The average molecular weight is 268 g/mol. The quantitative estimate of drug-likeness (QED) is 0.821. The highest BCUT2D eigenvalue weighted by Gasteiger charge is 2.35. The van der Waals surface area contributed by atoms with Gasteiger partial charge in [0.1, 0.15) is 0 Å². The van der Waals surface area contributed by atoms with Crippen molar-refractivity contribution in [3.63, 3.8) is 0 Å². The predicted octanol–water partition coefficient (Wildman–Crippen LogP) is 2.25. The molecule has 2 rings (SSSR count). The second-order valence-electron chi connectivity index (χ2n) is 7.91. The molecule has 0 bridgehead atoms. The number of aliphatic hydroxyl groups is 1. The number of aliphatic hydroxyl groups excluding tert-OH is 1. The van der Waals surface area contributed by atoms with Crippen molar-refractivity contribution in [1.82, 2.24) is 10.2 Å². The number of hydrogen-bond acceptors (Lipinski definition) is 3. The van der Waals surface area contributed by atoms with E-state index in [1.54, 1.807) is 0 Å². The first-order chi connectivity index (χ1) is 8.85. The summed E-state index contributed by atoms with van der Waals surface area (Å²) >= 11 is 0. The fraction of sp³-hybridized carbons (Fsp3) is 1.00. The number of rotatable bonds is 4. The Kier molecular flexibility index (Phi) is 4.91. The number of hydrogen-bond donors (Lipinski definition) is 2. The van der Waals surface area contributed by atoms with E-state index in [9.17, 15) is 5.11 Å². The molecule has 2 aliphatic rings. The third kappa shape index (κ3) is 4.44. The van der Waals surface area contributed by atoms with Gasteiger partial charge in [0.25, 0.3) is 0 Å². The van der Waals surface area contributed by atoms with Crippen molar-refractivity contribution in [2.24, 2.45) is 11.3 Å². The van der Waals surface area contributed by atoms with E-state index in [1.807, 2.05) is 6.92 Å². The molecule has 1 saturated heterocycles. The van der Waals surface area contributed by atoms with Crippen LogP contribution in [0.15, 0.2) is 0 Å². The molecule has 0 spiro atoms. The van der Waals surface area contributed by atoms with Gasteiger partial charge in [-0.3, -0.25) is 4.90 Å². The Labute approximate surface area is 118 Å². The highest BCUT2D eigenvalue weighted by atomic mass is 16.3. The Morgan fingerprint density at radius 3 is 2.42 bits per heavy atom. The van der Waals surface area contributed by atoms with Crippen LogP contribution in [-0.4, -0.2) is 47.8 Å². The lowest BCUT2D eigenvalue weighted by Gasteiger charge is -2.46. The number of nitrogens with one attached hydrogen (secondary N) is 1. The lowest BCUT2D eigenvalue weighted by molar-refractivity contribution is 0.00943. The molecule has 1 heterocycles. The van der Waals surface area contributed by atoms with E-state index in [4.69, 9.17) is 0 Å². The predicted molar refractivity (Wildman–Crippen MR) is 80.2 cm³/mol. The zero-order chi connectivity index (χ0) is 14.0. The van der Waals surface area contributed by atoms with Crippen LogP contribution in [0.4, 0.5) is 0 Å². The minimum Gasteiger partial charge on any atom is -0.393 e. The zero-order valence-corrected chi connectivity index (χ0v) is 13.2. The molecule has 1 aliphatic carbocycles. The first-order valence-corrected chi connectivity index (χ1v) is 8.00. The van der Waals surface area contributed by atoms with Crippen LogP contribution in [0.1, 0.15) is 53.4 Å². The summed E-state index contributed by atoms with van der Waals surface area (Å²) in [6, 6.07) is 1.34. The minimum atomic E-state index is -0.179. The molecule has 0 aromatic rings. The maximum atomic E-state index is 9.96. The fourth-order valence-corrected chi connectivity index (χ4v) is 3.17. The summed E-state index contributed by atoms with van der Waals surface area (Å²) < 4.78 is 0. The standard InChI is InChI=1S/C16H32N2O/c1-12(19)13-8-14(17-11-16(2,3)4)10-18(9-13)15-6-5-7-15/h12-15,17,19H,5-11H2,1-4H3. The largest absolute Gasteiger partial charge is 0.393 e. The van der Waals surface area contributed by atoms with Gasteiger partial charge in [0.05, 0.1) is 6.10 Å². The van der Waals surface area contributed by atoms with Crippen LogP contribution in [0.5, 0.6) is 0 Å². The van der Waals surface area contributed by atoms with Gasteiger partial charge in [-0.2, -0.15) is 0 Å². The summed E-state index contributed by atoms with van der Waals surface area (Å²) in [6.45, 7) is 12.1. The molecule has 0 aromatic carbocycles. The third-order valence-corrected chi connectivity index (χ3v) is 4.71. The van der Waals surface area contributed by atoms with Gasteiger partial charge in [-0.25, -0.2) is 0 Å². The molecule has 0 aromatic heterocycles. The van der Waals surface area contributed by atoms with Gasteiger partial charge in [-0.05, 0) is 37.5 Å². The van der Waals surface area contributed by atoms with E-state index in [1.165, 1.54) is 25.8 Å². The van der Waals surface area contributed by atoms with Gasteiger partial charge < -0.3 is 10.4 Å². The lowest BCUT2D eigenvalue weighted by atomic mass is 9.84. The molecule has 3 heteroatoms. The highest BCUT2D eigenvalue weighted by molar-refractivity contribution is 4.91. The Balaban J connectivity index is 1.90. The molecule has 3 atom stereocenters. The molecule has 3 unspecified atom stereocenters. The Morgan fingerprint density at radius 2 is 1.95 bits per heavy atom. The average Bonchev–Trinajstić information content (AvgIpc) is 2.22. The van der Waals surface area contributed by atoms with Crippen molar-refractivity contribution >= 4 is 0 Å². The van der Waals surface area contributed by atoms with Gasteiger partial charge >= 0.3 is 0 Å². The SMILES string of the molecule is CC(O)C1CC(NCC(C)(C)C)CN(C2CCC2)C1. The second-order valence-corrected chi connectivity index (χ2v) is 7.91. The van der Waals surface area contributed by atoms with Crippen LogP contribution in [0, 0.1) is 11.3 Å². The van der Waals surface area contributed by atoms with Crippen molar-refractivity contribution in [1.29, 1.82) is 0 Å². The number of nitrogens with zero attached hydrogens (tertiary/aromatic N) is 1. The van der Waals surface area contributed by atoms with Crippen LogP contribution in [-0.2, 0) is 0 Å². The summed E-state index contributed by atoms with van der Waals surface area (Å²) in [5.41, 5.74) is 0.332. The molecule has 0 radical (unpaired) electrons. The Morgan fingerprint density at radius 1 is 1.26 bits per heavy atom. The number of likely N-dealkylation sites (tertiary alicyclic amines) is 1. The molecule has 2 N–H and O–H groups in total. The monoisotopic (exact) mass is 268 g/mol. The summed E-state index contributed by atoms with van der Waals surface area (Å²) in [6.07, 6.45) is 5.05. The summed E-state index contributed by atoms with van der Waals surface area (Å²) in [5.74, 6) is 0.437. The van der Waals surface area contributed by atoms with Gasteiger partial charge in [0.2, 0.25) is 0 Å². The Hall–Kier alpha value is -0.120. The molecule has 1 saturated carbocycles. The maximum absolute atomic E-state index is 9.96. The first kappa shape index (κ1) is 15.3. The van der Waals surface area contributed by atoms with E-state index in [2.05, 4.69) is 31.0 Å². The van der Waals surface area contributed by atoms with Gasteiger partial charge in [-0.15, -0.1) is 0 Å². The van der Waals surface area contributed by atoms with Gasteiger partial charge in [0, 0.05) is 31.7 Å². The second kappa shape index (κ2) is 6.11. The van der Waals surface area contributed by atoms with Crippen molar-refractivity contribution in [3.05, 3.63) is 0 Å². The first-order valence-electron chi connectivity index (χ1n) is 8.00. The van der Waals surface area contributed by atoms with Crippen molar-refractivity contribution < 1.29 is 5.11 Å². The molecule has 3 nitrogen and oxygen atoms in total. The van der Waals surface area contributed by atoms with Crippen molar-refractivity contribution in [2.75, 3.05) is 19.6 Å². The molecular weight excluding hydrogens is 236 g/mol. The van der Waals surface area contributed by atoms with Crippen LogP contribution in [0.2, 0.25) is 0 Å². The normalized spacial score (nSPS) is 32.1. The molecule has 112 valence electrons. The van der Waals surface area contributed by atoms with Gasteiger partial charge in [0.15, 0.2) is 0 Å². The van der Waals surface area contributed by atoms with Crippen molar-refractivity contribution in [2.45, 2.75) is 71.6 Å². The van der Waals surface area contributed by atoms with Gasteiger partial charge in [-0.1, -0.05) is 27.2 Å². The van der Waals surface area contributed by atoms with E-state index in [0.717, 1.165) is 25.6 Å². The highest BCUT2D eigenvalue weighted by Crippen LogP contribution is 2.30. The third-order valence-electron chi connectivity index (χ3n) is 4.71. The van der Waals surface area contributed by atoms with Crippen LogP contribution >= 0.6 is 0 Å². The minimum absolute atomic E-state index is 0.179. The maximum Gasteiger partial charge on any atom is 0.0553 e. The van der Waals surface area contributed by atoms with Crippen LogP contribution in [0.25, 0.3) is 0 Å². The number of piperidine rings is 1. The van der Waals surface area contributed by atoms with Crippen LogP contribution in [0.3, 0.4) is 0 Å². The zero-order valence-electron chi connectivity index (χ0n) is 13.2. The van der Waals surface area contributed by atoms with Crippen molar-refractivity contribution in [3.8, 4) is 0 Å². The topological polar surface area (TPSA) is 35.5 Å². The smallest absolute Gasteiger partial charge is 0.0553 e.